The highest BCUT2D eigenvalue weighted by molar-refractivity contribution is 7.18. The summed E-state index contributed by atoms with van der Waals surface area (Å²) in [6.07, 6.45) is 1.93. The first-order valence-electron chi connectivity index (χ1n) is 12.0. The van der Waals surface area contributed by atoms with Crippen LogP contribution < -0.4 is 10.1 Å². The number of phenolic OH excluding ortho intramolecular Hbond substituents is 1. The average Bonchev–Trinajstić information content (AvgIpc) is 3.32. The zero-order chi connectivity index (χ0) is 26.5. The van der Waals surface area contributed by atoms with Crippen LogP contribution in [0, 0.1) is 0 Å². The van der Waals surface area contributed by atoms with Crippen molar-refractivity contribution in [1.29, 1.82) is 0 Å². The fraction of sp³-hybridized carbons (Fsp3) is 0.172. The lowest BCUT2D eigenvalue weighted by Crippen LogP contribution is -2.42. The molecule has 0 radical (unpaired) electrons. The highest BCUT2D eigenvalue weighted by atomic mass is 32.1. The number of nitrogens with zero attached hydrogens (tertiary/aromatic N) is 3. The Balaban J connectivity index is 1.25. The molecule has 0 aliphatic heterocycles. The molecule has 38 heavy (non-hydrogen) atoms. The van der Waals surface area contributed by atoms with Crippen LogP contribution in [0.1, 0.15) is 27.9 Å². The summed E-state index contributed by atoms with van der Waals surface area (Å²) in [6.45, 7) is 2.04. The monoisotopic (exact) mass is 526 g/mol. The molecule has 1 atom stereocenters. The van der Waals surface area contributed by atoms with Crippen molar-refractivity contribution in [3.8, 4) is 23.0 Å². The Morgan fingerprint density at radius 1 is 1.03 bits per heavy atom. The molecule has 1 unspecified atom stereocenters. The van der Waals surface area contributed by atoms with Gasteiger partial charge in [-0.2, -0.15) is 4.98 Å². The predicted octanol–water partition coefficient (Wildman–Crippen LogP) is 4.76. The molecule has 0 bridgehead atoms. The number of hydrogen-bond acceptors (Lipinski definition) is 8. The second-order valence-corrected chi connectivity index (χ2v) is 10.3. The molecule has 0 fully saturated rings. The van der Waals surface area contributed by atoms with Crippen molar-refractivity contribution in [3.05, 3.63) is 101 Å². The summed E-state index contributed by atoms with van der Waals surface area (Å²) in [5.41, 5.74) is 2.43. The number of ether oxygens (including phenoxy) is 1. The number of rotatable bonds is 9. The summed E-state index contributed by atoms with van der Waals surface area (Å²) in [6, 6.07) is 24.1. The van der Waals surface area contributed by atoms with Crippen LogP contribution in [0.2, 0.25) is 0 Å². The quantitative estimate of drug-likeness (QED) is 0.253. The molecule has 2 heterocycles. The molecule has 5 rings (SSSR count). The van der Waals surface area contributed by atoms with Gasteiger partial charge in [-0.3, -0.25) is 4.79 Å². The number of carbonyl (C=O) groups is 1. The summed E-state index contributed by atoms with van der Waals surface area (Å²) in [5, 5.41) is 24.2. The molecule has 1 amide bonds. The lowest BCUT2D eigenvalue weighted by atomic mass is 10.0. The molecule has 0 spiro atoms. The molecule has 2 aromatic heterocycles. The molecule has 3 aromatic carbocycles. The normalized spacial score (nSPS) is 12.7. The number of aromatic hydroxyl groups is 1. The summed E-state index contributed by atoms with van der Waals surface area (Å²) in [5.74, 6) is -0.556. The van der Waals surface area contributed by atoms with E-state index in [1.54, 1.807) is 25.3 Å². The Morgan fingerprint density at radius 3 is 2.63 bits per heavy atom. The van der Waals surface area contributed by atoms with Crippen LogP contribution in [-0.2, 0) is 13.0 Å². The number of amides is 1. The van der Waals surface area contributed by atoms with Gasteiger partial charge in [0.05, 0.1) is 32.1 Å². The Bertz CT molecular complexity index is 1570. The van der Waals surface area contributed by atoms with Crippen molar-refractivity contribution < 1.29 is 19.7 Å². The maximum Gasteiger partial charge on any atom is 0.317 e. The highest BCUT2D eigenvalue weighted by Crippen LogP contribution is 2.29. The van der Waals surface area contributed by atoms with Gasteiger partial charge in [-0.1, -0.05) is 48.5 Å². The summed E-state index contributed by atoms with van der Waals surface area (Å²) in [7, 11) is 0. The first-order valence-corrected chi connectivity index (χ1v) is 12.9. The number of aliphatic hydroxyl groups is 1. The van der Waals surface area contributed by atoms with Gasteiger partial charge in [0.15, 0.2) is 0 Å². The topological polar surface area (TPSA) is 117 Å². The minimum Gasteiger partial charge on any atom is -0.507 e. The number of fused-ring (bicyclic) bond motifs is 1. The minimum absolute atomic E-state index is 0.00797. The summed E-state index contributed by atoms with van der Waals surface area (Å²) >= 11 is 1.48. The number of aromatic nitrogens is 3. The molecule has 0 saturated carbocycles. The Kier molecular flexibility index (Phi) is 7.30. The Hall–Kier alpha value is -4.34. The van der Waals surface area contributed by atoms with Gasteiger partial charge in [0.1, 0.15) is 12.4 Å². The molecule has 0 aliphatic carbocycles. The number of carbonyl (C=O) groups excluding carboxylic acids is 1. The van der Waals surface area contributed by atoms with E-state index in [0.717, 1.165) is 32.0 Å². The van der Waals surface area contributed by atoms with E-state index in [1.807, 2.05) is 54.6 Å². The van der Waals surface area contributed by atoms with Crippen LogP contribution in [0.25, 0.3) is 21.5 Å². The van der Waals surface area contributed by atoms with Gasteiger partial charge in [-0.15, -0.1) is 11.3 Å². The molecule has 0 aliphatic rings. The Labute approximate surface area is 223 Å². The molecule has 5 aromatic rings. The third kappa shape index (κ3) is 6.13. The molecule has 3 N–H and O–H groups in total. The van der Waals surface area contributed by atoms with E-state index in [4.69, 9.17) is 4.74 Å². The van der Waals surface area contributed by atoms with Crippen molar-refractivity contribution in [2.45, 2.75) is 25.6 Å². The van der Waals surface area contributed by atoms with Crippen molar-refractivity contribution in [2.75, 3.05) is 6.54 Å². The number of para-hydroxylation sites is 1. The van der Waals surface area contributed by atoms with E-state index in [0.29, 0.717) is 12.6 Å². The van der Waals surface area contributed by atoms with E-state index in [9.17, 15) is 15.0 Å². The largest absolute Gasteiger partial charge is 0.507 e. The van der Waals surface area contributed by atoms with Crippen LogP contribution in [0.15, 0.2) is 85.1 Å². The molecule has 8 nitrogen and oxygen atoms in total. The minimum atomic E-state index is -1.23. The van der Waals surface area contributed by atoms with Crippen LogP contribution in [0.4, 0.5) is 0 Å². The van der Waals surface area contributed by atoms with Crippen molar-refractivity contribution in [2.24, 2.45) is 0 Å². The lowest BCUT2D eigenvalue weighted by molar-refractivity contribution is 0.0552. The number of benzene rings is 3. The molecule has 192 valence electrons. The molecule has 9 heteroatoms. The van der Waals surface area contributed by atoms with E-state index in [1.165, 1.54) is 23.5 Å². The molecular weight excluding hydrogens is 500 g/mol. The maximum atomic E-state index is 12.4. The fourth-order valence-electron chi connectivity index (χ4n) is 3.92. The molecule has 0 saturated heterocycles. The number of phenols is 1. The smallest absolute Gasteiger partial charge is 0.317 e. The predicted molar refractivity (Wildman–Crippen MR) is 146 cm³/mol. The van der Waals surface area contributed by atoms with Gasteiger partial charge in [0.2, 0.25) is 0 Å². The van der Waals surface area contributed by atoms with Gasteiger partial charge in [-0.05, 0) is 42.8 Å². The zero-order valence-corrected chi connectivity index (χ0v) is 21.5. The number of thiazole rings is 1. The van der Waals surface area contributed by atoms with E-state index < -0.39 is 11.5 Å². The van der Waals surface area contributed by atoms with Gasteiger partial charge in [-0.25, -0.2) is 9.97 Å². The summed E-state index contributed by atoms with van der Waals surface area (Å²) < 4.78 is 6.73. The van der Waals surface area contributed by atoms with Gasteiger partial charge < -0.3 is 20.3 Å². The SMILES string of the molecule is CC(O)(CNC(=O)c1ccccc1O)Cc1nc2ccc(-c3ccnc(OCc4ccccc4)n3)cc2s1. The van der Waals surface area contributed by atoms with E-state index in [-0.39, 0.29) is 24.3 Å². The number of hydrogen-bond donors (Lipinski definition) is 3. The zero-order valence-electron chi connectivity index (χ0n) is 20.7. The molecular formula is C29H26N4O4S. The summed E-state index contributed by atoms with van der Waals surface area (Å²) in [4.78, 5) is 25.8. The number of nitrogens with one attached hydrogen (secondary N) is 1. The van der Waals surface area contributed by atoms with Gasteiger partial charge in [0.25, 0.3) is 5.91 Å². The Morgan fingerprint density at radius 2 is 1.82 bits per heavy atom. The van der Waals surface area contributed by atoms with Crippen LogP contribution in [-0.4, -0.2) is 43.2 Å². The van der Waals surface area contributed by atoms with Crippen molar-refractivity contribution in [3.63, 3.8) is 0 Å². The van der Waals surface area contributed by atoms with Crippen molar-refractivity contribution in [1.82, 2.24) is 20.3 Å². The van der Waals surface area contributed by atoms with Gasteiger partial charge >= 0.3 is 6.01 Å². The maximum absolute atomic E-state index is 12.4. The lowest BCUT2D eigenvalue weighted by Gasteiger charge is -2.22. The first kappa shape index (κ1) is 25.3. The van der Waals surface area contributed by atoms with Crippen molar-refractivity contribution >= 4 is 27.5 Å². The van der Waals surface area contributed by atoms with E-state index >= 15 is 0 Å². The van der Waals surface area contributed by atoms with E-state index in [2.05, 4.69) is 20.3 Å². The third-order valence-corrected chi connectivity index (χ3v) is 6.90. The highest BCUT2D eigenvalue weighted by Gasteiger charge is 2.25. The van der Waals surface area contributed by atoms with Crippen LogP contribution in [0.3, 0.4) is 0 Å². The van der Waals surface area contributed by atoms with Crippen LogP contribution >= 0.6 is 11.3 Å². The third-order valence-electron chi connectivity index (χ3n) is 5.88. The second kappa shape index (κ2) is 11.0. The van der Waals surface area contributed by atoms with Gasteiger partial charge in [0, 0.05) is 24.7 Å². The fourth-order valence-corrected chi connectivity index (χ4v) is 5.11. The average molecular weight is 527 g/mol. The standard InChI is InChI=1S/C29H26N4O4S/c1-29(36,18-31-27(35)21-9-5-6-10-24(21)34)16-26-32-23-12-11-20(15-25(23)38-26)22-13-14-30-28(33-22)37-17-19-7-3-2-4-8-19/h2-15,34,36H,16-18H2,1H3,(H,31,35). The first-order chi connectivity index (χ1) is 18.4. The second-order valence-electron chi connectivity index (χ2n) is 9.16. The van der Waals surface area contributed by atoms with Crippen LogP contribution in [0.5, 0.6) is 11.8 Å².